The molecule has 202 valence electrons. The molecule has 3 N–H and O–H groups in total. The number of fused-ring (bicyclic) bond motifs is 2. The van der Waals surface area contributed by atoms with E-state index >= 15 is 0 Å². The maximum Gasteiger partial charge on any atom is 0.240 e. The first-order chi connectivity index (χ1) is 17.5. The van der Waals surface area contributed by atoms with Gasteiger partial charge in [0.05, 0.1) is 33.4 Å². The van der Waals surface area contributed by atoms with Gasteiger partial charge in [-0.25, -0.2) is 0 Å². The lowest BCUT2D eigenvalue weighted by Crippen LogP contribution is -2.51. The Bertz CT molecular complexity index is 1110. The molecule has 2 saturated heterocycles. The first-order valence-electron chi connectivity index (χ1n) is 13.0. The second kappa shape index (κ2) is 11.0. The van der Waals surface area contributed by atoms with Gasteiger partial charge in [-0.2, -0.15) is 5.26 Å². The fourth-order valence-corrected chi connectivity index (χ4v) is 6.92. The third-order valence-corrected chi connectivity index (χ3v) is 10.3. The van der Waals surface area contributed by atoms with E-state index in [1.54, 1.807) is 12.5 Å². The average Bonchev–Trinajstić information content (AvgIpc) is 3.55. The SMILES string of the molecule is CC(C#N)CCCNC(=O)[C@@H](N)CN1CC[C@H]2CN(C3CCc4cc(S(C)(C)[N+](=O)[O-])ccc43)C(=O)[C@H]21. The summed E-state index contributed by atoms with van der Waals surface area (Å²) in [5.74, 6) is 0.0529. The number of nitrogens with one attached hydrogen (secondary N) is 1. The number of nitriles is 1. The Kier molecular flexibility index (Phi) is 8.11. The van der Waals surface area contributed by atoms with E-state index in [1.165, 1.54) is 0 Å². The van der Waals surface area contributed by atoms with E-state index in [9.17, 15) is 19.7 Å². The summed E-state index contributed by atoms with van der Waals surface area (Å²) in [4.78, 5) is 42.5. The Balaban J connectivity index is 1.36. The molecule has 37 heavy (non-hydrogen) atoms. The summed E-state index contributed by atoms with van der Waals surface area (Å²) in [6.45, 7) is 4.12. The lowest BCUT2D eigenvalue weighted by atomic mass is 10.0. The number of benzene rings is 1. The van der Waals surface area contributed by atoms with Gasteiger partial charge in [0.15, 0.2) is 0 Å². The summed E-state index contributed by atoms with van der Waals surface area (Å²) in [6, 6.07) is 7.03. The normalized spacial score (nSPS) is 25.3. The van der Waals surface area contributed by atoms with Crippen molar-refractivity contribution in [1.82, 2.24) is 15.1 Å². The summed E-state index contributed by atoms with van der Waals surface area (Å²) in [6.07, 6.45) is 7.37. The Morgan fingerprint density at radius 1 is 1.38 bits per heavy atom. The number of nitro groups is 1. The molecule has 0 spiro atoms. The van der Waals surface area contributed by atoms with Crippen LogP contribution < -0.4 is 11.1 Å². The highest BCUT2D eigenvalue weighted by molar-refractivity contribution is 8.27. The number of rotatable bonds is 10. The van der Waals surface area contributed by atoms with Crippen molar-refractivity contribution < 1.29 is 13.9 Å². The number of carbonyl (C=O) groups excluding carboxylic acids is 2. The second-order valence-electron chi connectivity index (χ2n) is 11.0. The molecule has 3 aliphatic rings. The molecule has 0 aromatic heterocycles. The Labute approximate surface area is 220 Å². The quantitative estimate of drug-likeness (QED) is 0.268. The van der Waals surface area contributed by atoms with Crippen LogP contribution in [-0.2, 0) is 16.0 Å². The smallest absolute Gasteiger partial charge is 0.240 e. The zero-order valence-corrected chi connectivity index (χ0v) is 22.7. The van der Waals surface area contributed by atoms with E-state index in [0.29, 0.717) is 19.6 Å². The highest BCUT2D eigenvalue weighted by atomic mass is 32.3. The van der Waals surface area contributed by atoms with Crippen LogP contribution in [0.5, 0.6) is 0 Å². The number of nitrogens with zero attached hydrogens (tertiary/aromatic N) is 4. The summed E-state index contributed by atoms with van der Waals surface area (Å²) >= 11 is 0. The van der Waals surface area contributed by atoms with Crippen LogP contribution in [0.1, 0.15) is 49.8 Å². The predicted molar refractivity (Wildman–Crippen MR) is 142 cm³/mol. The van der Waals surface area contributed by atoms with Gasteiger partial charge in [0, 0.05) is 54.2 Å². The van der Waals surface area contributed by atoms with Crippen molar-refractivity contribution in [1.29, 1.82) is 5.26 Å². The Morgan fingerprint density at radius 2 is 2.14 bits per heavy atom. The molecule has 1 aromatic carbocycles. The standard InChI is InChI=1S/C26H38N6O4S/c1-17(14-27)5-4-11-29-25(33)22(28)16-30-12-10-19-15-31(26(34)24(19)30)23-9-6-18-13-20(7-8-21(18)23)37(2,3)32(35)36/h7-8,13,17,19,22-24H,4-6,9-12,15-16,28H2,1-3H3,(H,29,33)/t17?,19-,22-,23?,24-/m0/s1. The van der Waals surface area contributed by atoms with Crippen molar-refractivity contribution in [2.45, 2.75) is 62.0 Å². The van der Waals surface area contributed by atoms with Gasteiger partial charge in [-0.15, -0.1) is 0 Å². The van der Waals surface area contributed by atoms with E-state index in [-0.39, 0.29) is 40.1 Å². The van der Waals surface area contributed by atoms with Gasteiger partial charge < -0.3 is 16.0 Å². The van der Waals surface area contributed by atoms with Crippen LogP contribution in [0.4, 0.5) is 0 Å². The molecule has 10 nitrogen and oxygen atoms in total. The Hall–Kier alpha value is -2.68. The van der Waals surface area contributed by atoms with E-state index in [2.05, 4.69) is 16.3 Å². The molecule has 2 unspecified atom stereocenters. The molecular formula is C26H38N6O4S. The first-order valence-corrected chi connectivity index (χ1v) is 15.4. The van der Waals surface area contributed by atoms with E-state index < -0.39 is 16.3 Å². The minimum absolute atomic E-state index is 0.00880. The van der Waals surface area contributed by atoms with Crippen molar-refractivity contribution in [2.24, 2.45) is 17.6 Å². The molecule has 2 fully saturated rings. The molecule has 0 radical (unpaired) electrons. The van der Waals surface area contributed by atoms with Gasteiger partial charge in [-0.3, -0.25) is 24.6 Å². The van der Waals surface area contributed by atoms with Crippen LogP contribution in [0.3, 0.4) is 0 Å². The van der Waals surface area contributed by atoms with Crippen LogP contribution in [0.2, 0.25) is 0 Å². The van der Waals surface area contributed by atoms with E-state index in [0.717, 1.165) is 54.7 Å². The van der Waals surface area contributed by atoms with Crippen LogP contribution >= 0.6 is 10.2 Å². The third-order valence-electron chi connectivity index (χ3n) is 8.18. The van der Waals surface area contributed by atoms with Gasteiger partial charge >= 0.3 is 0 Å². The number of likely N-dealkylation sites (tertiary alicyclic amines) is 2. The maximum absolute atomic E-state index is 13.6. The van der Waals surface area contributed by atoms with Crippen molar-refractivity contribution in [2.75, 3.05) is 38.7 Å². The highest BCUT2D eigenvalue weighted by Crippen LogP contribution is 2.51. The van der Waals surface area contributed by atoms with Crippen LogP contribution in [0, 0.1) is 33.3 Å². The number of hydrogen-bond acceptors (Lipinski definition) is 7. The monoisotopic (exact) mass is 530 g/mol. The van der Waals surface area contributed by atoms with Crippen molar-refractivity contribution in [3.05, 3.63) is 39.4 Å². The summed E-state index contributed by atoms with van der Waals surface area (Å²) in [7, 11) is -2.12. The Morgan fingerprint density at radius 3 is 2.84 bits per heavy atom. The third kappa shape index (κ3) is 5.47. The van der Waals surface area contributed by atoms with Gasteiger partial charge in [0.2, 0.25) is 11.8 Å². The molecule has 4 rings (SSSR count). The van der Waals surface area contributed by atoms with E-state index in [1.807, 2.05) is 30.0 Å². The maximum atomic E-state index is 13.6. The fourth-order valence-electron chi connectivity index (χ4n) is 5.92. The fraction of sp³-hybridized carbons (Fsp3) is 0.654. The lowest BCUT2D eigenvalue weighted by Gasteiger charge is -2.29. The molecule has 5 atom stereocenters. The average molecular weight is 531 g/mol. The van der Waals surface area contributed by atoms with Crippen molar-refractivity contribution in [3.8, 4) is 6.07 Å². The molecule has 0 bridgehead atoms. The predicted octanol–water partition coefficient (Wildman–Crippen LogP) is 2.20. The zero-order valence-electron chi connectivity index (χ0n) is 21.9. The molecule has 11 heteroatoms. The summed E-state index contributed by atoms with van der Waals surface area (Å²) < 4.78 is -0.179. The topological polar surface area (TPSA) is 146 Å². The molecule has 1 aromatic rings. The minimum atomic E-state index is -2.12. The molecule has 2 heterocycles. The number of amides is 2. The minimum Gasteiger partial charge on any atom is -0.355 e. The number of aryl methyl sites for hydroxylation is 1. The molecule has 2 amide bonds. The van der Waals surface area contributed by atoms with Crippen LogP contribution in [0.15, 0.2) is 23.1 Å². The van der Waals surface area contributed by atoms with Gasteiger partial charge in [-0.05, 0) is 68.8 Å². The van der Waals surface area contributed by atoms with Crippen molar-refractivity contribution >= 4 is 22.0 Å². The van der Waals surface area contributed by atoms with Crippen LogP contribution in [0.25, 0.3) is 0 Å². The summed E-state index contributed by atoms with van der Waals surface area (Å²) in [5.41, 5.74) is 8.41. The van der Waals surface area contributed by atoms with Gasteiger partial charge in [-0.1, -0.05) is 6.07 Å². The van der Waals surface area contributed by atoms with Gasteiger partial charge in [0.25, 0.3) is 0 Å². The largest absolute Gasteiger partial charge is 0.355 e. The van der Waals surface area contributed by atoms with Crippen LogP contribution in [-0.4, -0.2) is 76.7 Å². The molecule has 1 aliphatic carbocycles. The number of carbonyl (C=O) groups is 2. The second-order valence-corrected chi connectivity index (χ2v) is 14.3. The highest BCUT2D eigenvalue weighted by Gasteiger charge is 2.50. The van der Waals surface area contributed by atoms with E-state index in [4.69, 9.17) is 11.0 Å². The number of nitrogens with two attached hydrogens (primary N) is 1. The van der Waals surface area contributed by atoms with Crippen molar-refractivity contribution in [3.63, 3.8) is 0 Å². The number of hydrogen-bond donors (Lipinski definition) is 2. The first kappa shape index (κ1) is 27.4. The lowest BCUT2D eigenvalue weighted by molar-refractivity contribution is -0.295. The molecular weight excluding hydrogens is 492 g/mol. The summed E-state index contributed by atoms with van der Waals surface area (Å²) in [5, 5.41) is 23.3. The van der Waals surface area contributed by atoms with Gasteiger partial charge in [0.1, 0.15) is 0 Å². The molecule has 2 aliphatic heterocycles. The zero-order chi connectivity index (χ0) is 26.9. The molecule has 0 saturated carbocycles.